The lowest BCUT2D eigenvalue weighted by atomic mass is 10.0. The Balaban J connectivity index is 1.57. The Kier molecular flexibility index (Phi) is 7.95. The number of amides is 1. The number of hydrogen-bond acceptors (Lipinski definition) is 4. The number of fused-ring (bicyclic) bond motifs is 1. The second-order valence-electron chi connectivity index (χ2n) is 9.82. The van der Waals surface area contributed by atoms with Crippen LogP contribution in [0.2, 0.25) is 15.1 Å². The summed E-state index contributed by atoms with van der Waals surface area (Å²) in [6.45, 7) is 7.18. The van der Waals surface area contributed by atoms with E-state index in [4.69, 9.17) is 44.3 Å². The van der Waals surface area contributed by atoms with Crippen molar-refractivity contribution in [2.75, 3.05) is 13.1 Å². The van der Waals surface area contributed by atoms with Gasteiger partial charge >= 0.3 is 6.09 Å². The van der Waals surface area contributed by atoms with E-state index in [1.165, 1.54) is 0 Å². The minimum atomic E-state index is -0.535. The van der Waals surface area contributed by atoms with E-state index in [0.717, 1.165) is 41.4 Å². The third kappa shape index (κ3) is 6.14. The number of rotatable bonds is 4. The molecule has 184 valence electrons. The zero-order valence-corrected chi connectivity index (χ0v) is 23.2. The van der Waals surface area contributed by atoms with E-state index in [1.807, 2.05) is 39.0 Å². The van der Waals surface area contributed by atoms with Crippen LogP contribution < -0.4 is 10.1 Å². The largest absolute Gasteiger partial charge is 0.484 e. The van der Waals surface area contributed by atoms with Gasteiger partial charge in [0.15, 0.2) is 0 Å². The van der Waals surface area contributed by atoms with E-state index in [1.54, 1.807) is 12.1 Å². The molecule has 1 aliphatic heterocycles. The number of nitrogens with zero attached hydrogens (tertiary/aromatic N) is 1. The van der Waals surface area contributed by atoms with Crippen molar-refractivity contribution in [1.29, 1.82) is 0 Å². The molecule has 1 N–H and O–H groups in total. The molecule has 1 saturated heterocycles. The summed E-state index contributed by atoms with van der Waals surface area (Å²) < 4.78 is 12.8. The maximum Gasteiger partial charge on any atom is 0.407 e. The van der Waals surface area contributed by atoms with Gasteiger partial charge in [-0.15, -0.1) is 0 Å². The second kappa shape index (κ2) is 10.4. The van der Waals surface area contributed by atoms with Crippen molar-refractivity contribution in [3.63, 3.8) is 0 Å². The third-order valence-electron chi connectivity index (χ3n) is 6.06. The van der Waals surface area contributed by atoms with Crippen molar-refractivity contribution in [2.45, 2.75) is 63.8 Å². The van der Waals surface area contributed by atoms with Gasteiger partial charge in [0.25, 0.3) is 0 Å². The molecule has 0 unspecified atom stereocenters. The highest BCUT2D eigenvalue weighted by Gasteiger charge is 2.41. The minimum absolute atomic E-state index is 0.00542. The monoisotopic (exact) mass is 588 g/mol. The van der Waals surface area contributed by atoms with Crippen molar-refractivity contribution < 1.29 is 14.3 Å². The number of carbonyl (C=O) groups is 1. The first-order valence-electron chi connectivity index (χ1n) is 11.3. The number of likely N-dealkylation sites (tertiary alicyclic amines) is 1. The third-order valence-corrected chi connectivity index (χ3v) is 7.85. The minimum Gasteiger partial charge on any atom is -0.484 e. The van der Waals surface area contributed by atoms with Crippen molar-refractivity contribution in [3.05, 3.63) is 61.0 Å². The Hall–Kier alpha value is -1.18. The molecule has 4 rings (SSSR count). The summed E-state index contributed by atoms with van der Waals surface area (Å²) in [5.74, 6) is 0.674. The predicted molar refractivity (Wildman–Crippen MR) is 140 cm³/mol. The molecule has 0 aromatic heterocycles. The van der Waals surface area contributed by atoms with Crippen molar-refractivity contribution in [2.24, 2.45) is 0 Å². The van der Waals surface area contributed by atoms with Crippen molar-refractivity contribution in [3.8, 4) is 5.75 Å². The first-order chi connectivity index (χ1) is 16.0. The van der Waals surface area contributed by atoms with Gasteiger partial charge in [0.05, 0.1) is 11.1 Å². The topological polar surface area (TPSA) is 50.8 Å². The molecular weight excluding hydrogens is 563 g/mol. The van der Waals surface area contributed by atoms with E-state index in [-0.39, 0.29) is 24.3 Å². The summed E-state index contributed by atoms with van der Waals surface area (Å²) in [7, 11) is 0. The SMILES string of the molecule is CC(C)(C)OC(=O)N[C@@H]1CCCN([C@H]2Cc3c(Cl)cc(Cl)cc3[C@@H]2Oc2ccc(Br)c(Cl)c2)C1. The summed E-state index contributed by atoms with van der Waals surface area (Å²) >= 11 is 22.7. The molecule has 3 atom stereocenters. The molecule has 2 aromatic rings. The van der Waals surface area contributed by atoms with E-state index in [0.29, 0.717) is 27.4 Å². The van der Waals surface area contributed by atoms with Gasteiger partial charge in [-0.2, -0.15) is 0 Å². The van der Waals surface area contributed by atoms with Crippen LogP contribution in [0.3, 0.4) is 0 Å². The lowest BCUT2D eigenvalue weighted by molar-refractivity contribution is 0.0362. The fourth-order valence-electron chi connectivity index (χ4n) is 4.68. The molecule has 1 fully saturated rings. The number of carbonyl (C=O) groups excluding carboxylic acids is 1. The van der Waals surface area contributed by atoms with Gasteiger partial charge in [0.1, 0.15) is 17.5 Å². The van der Waals surface area contributed by atoms with Crippen LogP contribution in [0, 0.1) is 0 Å². The number of halogens is 4. The van der Waals surface area contributed by atoms with Crippen LogP contribution in [0.15, 0.2) is 34.8 Å². The molecule has 0 saturated carbocycles. The lowest BCUT2D eigenvalue weighted by Crippen LogP contribution is -2.53. The van der Waals surface area contributed by atoms with Gasteiger partial charge in [-0.25, -0.2) is 4.79 Å². The van der Waals surface area contributed by atoms with Crippen LogP contribution >= 0.6 is 50.7 Å². The first kappa shape index (κ1) is 25.9. The van der Waals surface area contributed by atoms with Crippen LogP contribution in [-0.2, 0) is 11.2 Å². The maximum atomic E-state index is 12.4. The van der Waals surface area contributed by atoms with Crippen molar-refractivity contribution >= 4 is 56.8 Å². The highest BCUT2D eigenvalue weighted by atomic mass is 79.9. The number of ether oxygens (including phenoxy) is 2. The van der Waals surface area contributed by atoms with E-state index in [2.05, 4.69) is 26.1 Å². The lowest BCUT2D eigenvalue weighted by Gasteiger charge is -2.39. The molecule has 9 heteroatoms. The number of piperidine rings is 1. The highest BCUT2D eigenvalue weighted by Crippen LogP contribution is 2.43. The average Bonchev–Trinajstić information content (AvgIpc) is 3.08. The average molecular weight is 591 g/mol. The molecule has 1 heterocycles. The van der Waals surface area contributed by atoms with Crippen LogP contribution in [0.4, 0.5) is 4.79 Å². The molecule has 0 radical (unpaired) electrons. The molecule has 1 amide bonds. The second-order valence-corrected chi connectivity index (χ2v) is 11.9. The standard InChI is InChI=1S/C25H28BrCl3N2O3/c1-25(2,3)34-24(32)30-15-5-4-8-31(13-15)22-12-17-18(9-14(27)10-20(17)28)23(22)33-16-6-7-19(26)21(29)11-16/h6-7,9-11,15,22-23H,4-5,8,12-13H2,1-3H3,(H,30,32)/t15-,22+,23+/m1/s1. The van der Waals surface area contributed by atoms with Gasteiger partial charge in [0, 0.05) is 32.7 Å². The Morgan fingerprint density at radius 3 is 2.62 bits per heavy atom. The zero-order chi connectivity index (χ0) is 24.6. The van der Waals surface area contributed by atoms with Crippen LogP contribution in [-0.4, -0.2) is 41.8 Å². The molecule has 0 bridgehead atoms. The molecule has 1 aliphatic carbocycles. The number of alkyl carbamates (subject to hydrolysis) is 1. The Labute approximate surface area is 224 Å². The highest BCUT2D eigenvalue weighted by molar-refractivity contribution is 9.10. The quantitative estimate of drug-likeness (QED) is 0.402. The summed E-state index contributed by atoms with van der Waals surface area (Å²) in [4.78, 5) is 14.7. The summed E-state index contributed by atoms with van der Waals surface area (Å²) in [5, 5.41) is 4.84. The Bertz CT molecular complexity index is 1080. The molecule has 5 nitrogen and oxygen atoms in total. The van der Waals surface area contributed by atoms with E-state index >= 15 is 0 Å². The molecule has 34 heavy (non-hydrogen) atoms. The van der Waals surface area contributed by atoms with Gasteiger partial charge < -0.3 is 14.8 Å². The number of benzene rings is 2. The van der Waals surface area contributed by atoms with Crippen molar-refractivity contribution in [1.82, 2.24) is 10.2 Å². The van der Waals surface area contributed by atoms with Gasteiger partial charge in [0.2, 0.25) is 0 Å². The number of nitrogens with one attached hydrogen (secondary N) is 1. The van der Waals surface area contributed by atoms with Crippen LogP contribution in [0.25, 0.3) is 0 Å². The fourth-order valence-corrected chi connectivity index (χ4v) is 5.68. The Morgan fingerprint density at radius 1 is 1.15 bits per heavy atom. The smallest absolute Gasteiger partial charge is 0.407 e. The van der Waals surface area contributed by atoms with E-state index in [9.17, 15) is 4.79 Å². The summed E-state index contributed by atoms with van der Waals surface area (Å²) in [6.07, 6.45) is 1.93. The van der Waals surface area contributed by atoms with E-state index < -0.39 is 5.60 Å². The van der Waals surface area contributed by atoms with Crippen LogP contribution in [0.5, 0.6) is 5.75 Å². The normalized spacial score (nSPS) is 22.9. The first-order valence-corrected chi connectivity index (χ1v) is 13.3. The molecule has 2 aromatic carbocycles. The number of hydrogen-bond donors (Lipinski definition) is 1. The summed E-state index contributed by atoms with van der Waals surface area (Å²) in [6, 6.07) is 9.31. The predicted octanol–water partition coefficient (Wildman–Crippen LogP) is 7.44. The van der Waals surface area contributed by atoms with Crippen LogP contribution in [0.1, 0.15) is 50.8 Å². The summed E-state index contributed by atoms with van der Waals surface area (Å²) in [5.41, 5.74) is 1.50. The fraction of sp³-hybridized carbons (Fsp3) is 0.480. The zero-order valence-electron chi connectivity index (χ0n) is 19.3. The molecule has 2 aliphatic rings. The molecular formula is C25H28BrCl3N2O3. The Morgan fingerprint density at radius 2 is 1.91 bits per heavy atom. The van der Waals surface area contributed by atoms with Gasteiger partial charge in [-0.1, -0.05) is 34.8 Å². The van der Waals surface area contributed by atoms with Gasteiger partial charge in [-0.05, 0) is 98.4 Å². The van der Waals surface area contributed by atoms with Gasteiger partial charge in [-0.3, -0.25) is 4.90 Å². The maximum absolute atomic E-state index is 12.4. The molecule has 0 spiro atoms.